The summed E-state index contributed by atoms with van der Waals surface area (Å²) in [6.45, 7) is -0.609. The van der Waals surface area contributed by atoms with Crippen molar-refractivity contribution < 1.29 is 23.1 Å². The van der Waals surface area contributed by atoms with Gasteiger partial charge in [0.2, 0.25) is 5.91 Å². The molecule has 0 aliphatic rings. The fraction of sp³-hybridized carbons (Fsp3) is 0.417. The Hall–Kier alpha value is -1.60. The third kappa shape index (κ3) is 4.88. The van der Waals surface area contributed by atoms with E-state index in [0.29, 0.717) is 5.56 Å². The molecule has 0 heterocycles. The lowest BCUT2D eigenvalue weighted by atomic mass is 10.0. The van der Waals surface area contributed by atoms with Gasteiger partial charge in [-0.05, 0) is 11.1 Å². The summed E-state index contributed by atoms with van der Waals surface area (Å²) in [4.78, 5) is 11.5. The van der Waals surface area contributed by atoms with E-state index in [9.17, 15) is 18.0 Å². The lowest BCUT2D eigenvalue weighted by Gasteiger charge is -2.15. The molecule has 1 atom stereocenters. The first-order chi connectivity index (χ1) is 8.84. The van der Waals surface area contributed by atoms with Crippen LogP contribution in [-0.4, -0.2) is 29.8 Å². The van der Waals surface area contributed by atoms with Gasteiger partial charge in [-0.25, -0.2) is 0 Å². The highest BCUT2D eigenvalue weighted by Gasteiger charge is 2.38. The molecule has 1 rings (SSSR count). The molecular formula is C12H15F3N2O2. The van der Waals surface area contributed by atoms with E-state index >= 15 is 0 Å². The van der Waals surface area contributed by atoms with Gasteiger partial charge >= 0.3 is 6.18 Å². The highest BCUT2D eigenvalue weighted by atomic mass is 19.4. The average Bonchev–Trinajstić information content (AvgIpc) is 2.35. The van der Waals surface area contributed by atoms with Crippen molar-refractivity contribution in [2.24, 2.45) is 5.73 Å². The number of carbonyl (C=O) groups excluding carboxylic acids is 1. The molecule has 0 fully saturated rings. The summed E-state index contributed by atoms with van der Waals surface area (Å²) < 4.78 is 36.1. The maximum atomic E-state index is 12.0. The van der Waals surface area contributed by atoms with Crippen LogP contribution in [0.1, 0.15) is 11.1 Å². The topological polar surface area (TPSA) is 75.4 Å². The van der Waals surface area contributed by atoms with Gasteiger partial charge in [0.05, 0.1) is 13.0 Å². The second kappa shape index (κ2) is 6.53. The van der Waals surface area contributed by atoms with Crippen molar-refractivity contribution in [3.8, 4) is 0 Å². The summed E-state index contributed by atoms with van der Waals surface area (Å²) in [5.41, 5.74) is 6.90. The Morgan fingerprint density at radius 2 is 1.89 bits per heavy atom. The van der Waals surface area contributed by atoms with E-state index in [1.165, 1.54) is 0 Å². The molecule has 4 nitrogen and oxygen atoms in total. The van der Waals surface area contributed by atoms with E-state index in [0.717, 1.165) is 5.56 Å². The number of hydrogen-bond acceptors (Lipinski definition) is 3. The second-order valence-electron chi connectivity index (χ2n) is 4.01. The number of halogens is 3. The number of nitrogens with one attached hydrogen (secondary N) is 1. The smallest absolute Gasteiger partial charge is 0.382 e. The quantitative estimate of drug-likeness (QED) is 0.742. The summed E-state index contributed by atoms with van der Waals surface area (Å²) in [6, 6.07) is 6.90. The minimum Gasteiger partial charge on any atom is -0.382 e. The molecule has 0 bridgehead atoms. The number of aliphatic hydroxyl groups is 1. The molecule has 7 heteroatoms. The summed E-state index contributed by atoms with van der Waals surface area (Å²) in [5.74, 6) is -0.593. The third-order valence-electron chi connectivity index (χ3n) is 2.56. The molecule has 0 radical (unpaired) electrons. The van der Waals surface area contributed by atoms with Crippen molar-refractivity contribution in [2.45, 2.75) is 25.2 Å². The Morgan fingerprint density at radius 1 is 1.32 bits per heavy atom. The van der Waals surface area contributed by atoms with Crippen molar-refractivity contribution >= 4 is 5.91 Å². The fourth-order valence-electron chi connectivity index (χ4n) is 1.49. The van der Waals surface area contributed by atoms with E-state index in [1.807, 2.05) is 5.32 Å². The lowest BCUT2D eigenvalue weighted by Crippen LogP contribution is -2.41. The third-order valence-corrected chi connectivity index (χ3v) is 2.56. The van der Waals surface area contributed by atoms with Crippen LogP contribution in [0, 0.1) is 0 Å². The van der Waals surface area contributed by atoms with Gasteiger partial charge in [0, 0.05) is 6.54 Å². The Bertz CT molecular complexity index is 435. The molecule has 19 heavy (non-hydrogen) atoms. The summed E-state index contributed by atoms with van der Waals surface area (Å²) >= 11 is 0. The van der Waals surface area contributed by atoms with Gasteiger partial charge < -0.3 is 16.2 Å². The number of alkyl halides is 3. The van der Waals surface area contributed by atoms with Gasteiger partial charge in [0.15, 0.2) is 6.10 Å². The van der Waals surface area contributed by atoms with Crippen molar-refractivity contribution in [3.63, 3.8) is 0 Å². The molecule has 0 aliphatic heterocycles. The first-order valence-electron chi connectivity index (χ1n) is 5.63. The van der Waals surface area contributed by atoms with E-state index in [4.69, 9.17) is 10.8 Å². The molecule has 1 amide bonds. The van der Waals surface area contributed by atoms with Crippen molar-refractivity contribution in [1.82, 2.24) is 5.32 Å². The molecular weight excluding hydrogens is 261 g/mol. The molecule has 1 aromatic rings. The van der Waals surface area contributed by atoms with E-state index in [1.54, 1.807) is 24.3 Å². The normalized spacial score (nSPS) is 13.1. The van der Waals surface area contributed by atoms with E-state index in [-0.39, 0.29) is 13.0 Å². The van der Waals surface area contributed by atoms with Crippen LogP contribution in [0.25, 0.3) is 0 Å². The van der Waals surface area contributed by atoms with Gasteiger partial charge in [-0.3, -0.25) is 4.79 Å². The van der Waals surface area contributed by atoms with Gasteiger partial charge in [-0.1, -0.05) is 24.3 Å². The molecule has 0 aromatic heterocycles. The number of rotatable bonds is 5. The average molecular weight is 276 g/mol. The highest BCUT2D eigenvalue weighted by Crippen LogP contribution is 2.19. The van der Waals surface area contributed by atoms with Crippen LogP contribution in [0.5, 0.6) is 0 Å². The zero-order valence-corrected chi connectivity index (χ0v) is 10.1. The van der Waals surface area contributed by atoms with Gasteiger partial charge in [0.25, 0.3) is 0 Å². The lowest BCUT2D eigenvalue weighted by molar-refractivity contribution is -0.201. The zero-order valence-electron chi connectivity index (χ0n) is 10.1. The number of aliphatic hydroxyl groups excluding tert-OH is 1. The molecule has 0 spiro atoms. The van der Waals surface area contributed by atoms with Crippen LogP contribution >= 0.6 is 0 Å². The SMILES string of the molecule is NCc1ccccc1CC(=O)NCC(O)C(F)(F)F. The van der Waals surface area contributed by atoms with Gasteiger partial charge in [0.1, 0.15) is 0 Å². The summed E-state index contributed by atoms with van der Waals surface area (Å²) in [7, 11) is 0. The first-order valence-corrected chi connectivity index (χ1v) is 5.63. The molecule has 0 saturated heterocycles. The Labute approximate surface area is 108 Å². The van der Waals surface area contributed by atoms with Crippen LogP contribution < -0.4 is 11.1 Å². The number of nitrogens with two attached hydrogens (primary N) is 1. The number of amides is 1. The maximum absolute atomic E-state index is 12.0. The molecule has 1 unspecified atom stereocenters. The molecule has 4 N–H and O–H groups in total. The Kier molecular flexibility index (Phi) is 5.31. The Balaban J connectivity index is 2.52. The number of hydrogen-bond donors (Lipinski definition) is 3. The number of carbonyl (C=O) groups is 1. The van der Waals surface area contributed by atoms with E-state index in [2.05, 4.69) is 0 Å². The molecule has 1 aromatic carbocycles. The van der Waals surface area contributed by atoms with Gasteiger partial charge in [-0.15, -0.1) is 0 Å². The summed E-state index contributed by atoms with van der Waals surface area (Å²) in [5, 5.41) is 10.8. The molecule has 0 aliphatic carbocycles. The minimum absolute atomic E-state index is 0.0715. The van der Waals surface area contributed by atoms with Crippen LogP contribution in [0.2, 0.25) is 0 Å². The predicted octanol–water partition coefficient (Wildman–Crippen LogP) is 0.727. The monoisotopic (exact) mass is 276 g/mol. The van der Waals surface area contributed by atoms with Crippen molar-refractivity contribution in [3.05, 3.63) is 35.4 Å². The van der Waals surface area contributed by atoms with Gasteiger partial charge in [-0.2, -0.15) is 13.2 Å². The second-order valence-corrected chi connectivity index (χ2v) is 4.01. The molecule has 106 valence electrons. The van der Waals surface area contributed by atoms with Crippen LogP contribution in [0.3, 0.4) is 0 Å². The maximum Gasteiger partial charge on any atom is 0.416 e. The molecule has 0 saturated carbocycles. The number of benzene rings is 1. The zero-order chi connectivity index (χ0) is 14.5. The predicted molar refractivity (Wildman–Crippen MR) is 63.1 cm³/mol. The summed E-state index contributed by atoms with van der Waals surface area (Å²) in [6.07, 6.45) is -7.36. The standard InChI is InChI=1S/C12H15F3N2O2/c13-12(14,15)10(18)7-17-11(19)5-8-3-1-2-4-9(8)6-16/h1-4,10,18H,5-7,16H2,(H,17,19). The minimum atomic E-state index is -4.73. The largest absolute Gasteiger partial charge is 0.416 e. The van der Waals surface area contributed by atoms with E-state index < -0.39 is 24.7 Å². The van der Waals surface area contributed by atoms with Crippen LogP contribution in [0.4, 0.5) is 13.2 Å². The Morgan fingerprint density at radius 3 is 2.42 bits per heavy atom. The fourth-order valence-corrected chi connectivity index (χ4v) is 1.49. The van der Waals surface area contributed by atoms with Crippen molar-refractivity contribution in [1.29, 1.82) is 0 Å². The first kappa shape index (κ1) is 15.5. The highest BCUT2D eigenvalue weighted by molar-refractivity contribution is 5.78. The van der Waals surface area contributed by atoms with Crippen molar-refractivity contribution in [2.75, 3.05) is 6.54 Å². The van der Waals surface area contributed by atoms with Crippen LogP contribution in [0.15, 0.2) is 24.3 Å². The van der Waals surface area contributed by atoms with Crippen LogP contribution in [-0.2, 0) is 17.8 Å².